The van der Waals surface area contributed by atoms with Crippen LogP contribution in [0, 0.1) is 0 Å². The summed E-state index contributed by atoms with van der Waals surface area (Å²) < 4.78 is 54.7. The number of furan rings is 1. The number of rotatable bonds is 3. The highest BCUT2D eigenvalue weighted by Gasteiger charge is 2.26. The van der Waals surface area contributed by atoms with Gasteiger partial charge in [-0.3, -0.25) is 4.79 Å². The summed E-state index contributed by atoms with van der Waals surface area (Å²) >= 11 is 0. The Hall–Kier alpha value is -2.91. The summed E-state index contributed by atoms with van der Waals surface area (Å²) in [7, 11) is -7.53. The molecule has 1 N–H and O–H groups in total. The smallest absolute Gasteiger partial charge is 0.249 e. The number of sulfone groups is 2. The van der Waals surface area contributed by atoms with Gasteiger partial charge in [-0.05, 0) is 17.2 Å². The zero-order valence-electron chi connectivity index (χ0n) is 14.9. The number of hydrogen-bond acceptors (Lipinski definition) is 6. The quantitative estimate of drug-likeness (QED) is 0.548. The van der Waals surface area contributed by atoms with E-state index >= 15 is 0 Å². The molecule has 0 aliphatic carbocycles. The molecule has 0 unspecified atom stereocenters. The van der Waals surface area contributed by atoms with Crippen molar-refractivity contribution in [3.05, 3.63) is 59.1 Å². The zero-order valence-corrected chi connectivity index (χ0v) is 16.5. The maximum atomic E-state index is 12.5. The maximum Gasteiger partial charge on any atom is 0.249 e. The number of pyridine rings is 1. The topological polar surface area (TPSA) is 114 Å². The van der Waals surface area contributed by atoms with E-state index in [2.05, 4.69) is 4.98 Å². The minimum atomic E-state index is -3.86. The Morgan fingerprint density at radius 3 is 2.18 bits per heavy atom. The van der Waals surface area contributed by atoms with Crippen molar-refractivity contribution < 1.29 is 21.3 Å². The van der Waals surface area contributed by atoms with Crippen molar-refractivity contribution in [1.29, 1.82) is 0 Å². The van der Waals surface area contributed by atoms with Crippen LogP contribution in [-0.2, 0) is 19.7 Å². The van der Waals surface area contributed by atoms with Crippen molar-refractivity contribution >= 4 is 41.5 Å². The molecule has 0 fully saturated rings. The largest absolute Gasteiger partial charge is 0.461 e. The monoisotopic (exact) mass is 417 g/mol. The average Bonchev–Trinajstić information content (AvgIpc) is 3.02. The second-order valence-electron chi connectivity index (χ2n) is 6.56. The van der Waals surface area contributed by atoms with Crippen LogP contribution in [0.4, 0.5) is 0 Å². The van der Waals surface area contributed by atoms with Gasteiger partial charge in [-0.1, -0.05) is 30.3 Å². The van der Waals surface area contributed by atoms with Crippen LogP contribution in [0.5, 0.6) is 0 Å². The van der Waals surface area contributed by atoms with Gasteiger partial charge in [0.25, 0.3) is 0 Å². The normalized spacial score (nSPS) is 12.6. The number of hydrogen-bond donors (Lipinski definition) is 1. The van der Waals surface area contributed by atoms with Crippen molar-refractivity contribution in [3.63, 3.8) is 0 Å². The fourth-order valence-corrected chi connectivity index (χ4v) is 5.12. The molecule has 144 valence electrons. The van der Waals surface area contributed by atoms with E-state index in [1.165, 1.54) is 12.1 Å². The molecule has 0 spiro atoms. The summed E-state index contributed by atoms with van der Waals surface area (Å²) in [5.41, 5.74) is 0.686. The molecule has 0 saturated carbocycles. The Bertz CT molecular complexity index is 1510. The molecule has 7 nitrogen and oxygen atoms in total. The van der Waals surface area contributed by atoms with Crippen LogP contribution in [0.1, 0.15) is 0 Å². The van der Waals surface area contributed by atoms with Crippen LogP contribution in [0.25, 0.3) is 33.0 Å². The van der Waals surface area contributed by atoms with E-state index in [1.54, 1.807) is 24.3 Å². The van der Waals surface area contributed by atoms with E-state index < -0.39 is 25.2 Å². The lowest BCUT2D eigenvalue weighted by Crippen LogP contribution is -2.09. The molecule has 0 atom stereocenters. The second kappa shape index (κ2) is 6.05. The summed E-state index contributed by atoms with van der Waals surface area (Å²) in [6.07, 6.45) is 3.03. The van der Waals surface area contributed by atoms with Gasteiger partial charge in [-0.15, -0.1) is 0 Å². The van der Waals surface area contributed by atoms with Crippen molar-refractivity contribution in [2.24, 2.45) is 0 Å². The number of H-pyrrole nitrogens is 1. The lowest BCUT2D eigenvalue weighted by atomic mass is 10.0. The predicted molar refractivity (Wildman–Crippen MR) is 106 cm³/mol. The highest BCUT2D eigenvalue weighted by atomic mass is 32.2. The van der Waals surface area contributed by atoms with E-state index in [1.807, 2.05) is 6.07 Å². The molecule has 0 aliphatic heterocycles. The van der Waals surface area contributed by atoms with Gasteiger partial charge in [0.05, 0.1) is 5.52 Å². The van der Waals surface area contributed by atoms with Gasteiger partial charge in [0.1, 0.15) is 16.1 Å². The first-order valence-electron chi connectivity index (χ1n) is 8.14. The number of nitrogens with one attached hydrogen (secondary N) is 1. The highest BCUT2D eigenvalue weighted by molar-refractivity contribution is 7.91. The first-order chi connectivity index (χ1) is 13.1. The molecule has 2 aromatic heterocycles. The van der Waals surface area contributed by atoms with Crippen LogP contribution in [-0.4, -0.2) is 34.3 Å². The lowest BCUT2D eigenvalue weighted by molar-refractivity contribution is 0.580. The summed E-state index contributed by atoms with van der Waals surface area (Å²) in [4.78, 5) is 14.5. The third-order valence-electron chi connectivity index (χ3n) is 4.45. The number of fused-ring (bicyclic) bond motifs is 2. The molecular weight excluding hydrogens is 402 g/mol. The van der Waals surface area contributed by atoms with E-state index in [9.17, 15) is 21.6 Å². The Kier molecular flexibility index (Phi) is 3.98. The van der Waals surface area contributed by atoms with Crippen LogP contribution in [0.3, 0.4) is 0 Å². The van der Waals surface area contributed by atoms with Gasteiger partial charge in [0.2, 0.25) is 5.56 Å². The van der Waals surface area contributed by atoms with Crippen molar-refractivity contribution in [2.75, 3.05) is 12.5 Å². The Morgan fingerprint density at radius 2 is 1.57 bits per heavy atom. The van der Waals surface area contributed by atoms with Gasteiger partial charge in [-0.2, -0.15) is 0 Å². The van der Waals surface area contributed by atoms with E-state index in [4.69, 9.17) is 4.42 Å². The SMILES string of the molecule is CS(=O)(=O)c1coc2c(S(C)(=O)=O)c3[nH]c(=O)cc(-c4ccccc4)c3cc12. The van der Waals surface area contributed by atoms with Gasteiger partial charge >= 0.3 is 0 Å². The standard InChI is InChI=1S/C19H15NO6S2/c1-27(22,23)15-10-26-18-14(15)8-13-12(11-6-4-3-5-7-11)9-16(21)20-17(13)19(18)28(2,24)25/h3-10H,1-2H3,(H,20,21). The molecule has 2 aromatic carbocycles. The van der Waals surface area contributed by atoms with E-state index in [0.29, 0.717) is 16.5 Å². The molecule has 0 saturated heterocycles. The maximum absolute atomic E-state index is 12.5. The number of aromatic nitrogens is 1. The summed E-state index contributed by atoms with van der Waals surface area (Å²) in [6.45, 7) is 0. The predicted octanol–water partition coefficient (Wildman–Crippen LogP) is 2.75. The van der Waals surface area contributed by atoms with Crippen molar-refractivity contribution in [2.45, 2.75) is 9.79 Å². The molecule has 0 radical (unpaired) electrons. The fourth-order valence-electron chi connectivity index (χ4n) is 3.32. The number of benzene rings is 2. The average molecular weight is 417 g/mol. The van der Waals surface area contributed by atoms with Crippen LogP contribution in [0.2, 0.25) is 0 Å². The Balaban J connectivity index is 2.32. The third-order valence-corrected chi connectivity index (χ3v) is 6.70. The van der Waals surface area contributed by atoms with Crippen molar-refractivity contribution in [3.8, 4) is 11.1 Å². The number of aromatic amines is 1. The van der Waals surface area contributed by atoms with Crippen LogP contribution in [0.15, 0.2) is 67.7 Å². The zero-order chi connectivity index (χ0) is 20.3. The molecule has 28 heavy (non-hydrogen) atoms. The summed E-state index contributed by atoms with van der Waals surface area (Å²) in [5.74, 6) is 0. The highest BCUT2D eigenvalue weighted by Crippen LogP contribution is 2.38. The molecular formula is C19H15NO6S2. The van der Waals surface area contributed by atoms with Gasteiger partial charge in [-0.25, -0.2) is 16.8 Å². The Morgan fingerprint density at radius 1 is 0.893 bits per heavy atom. The van der Waals surface area contributed by atoms with Gasteiger partial charge in [0.15, 0.2) is 25.3 Å². The molecule has 0 bridgehead atoms. The molecule has 4 aromatic rings. The molecule has 9 heteroatoms. The summed E-state index contributed by atoms with van der Waals surface area (Å²) in [6, 6.07) is 11.9. The fraction of sp³-hybridized carbons (Fsp3) is 0.105. The molecule has 0 amide bonds. The van der Waals surface area contributed by atoms with Gasteiger partial charge < -0.3 is 9.40 Å². The van der Waals surface area contributed by atoms with E-state index in [-0.39, 0.29) is 26.3 Å². The Labute approximate surface area is 160 Å². The third kappa shape index (κ3) is 2.92. The van der Waals surface area contributed by atoms with Crippen LogP contribution < -0.4 is 5.56 Å². The summed E-state index contributed by atoms with van der Waals surface area (Å²) in [5, 5.41) is 0.560. The second-order valence-corrected chi connectivity index (χ2v) is 10.5. The first kappa shape index (κ1) is 18.5. The first-order valence-corrected chi connectivity index (χ1v) is 11.9. The lowest BCUT2D eigenvalue weighted by Gasteiger charge is -2.11. The molecule has 2 heterocycles. The van der Waals surface area contributed by atoms with Crippen molar-refractivity contribution in [1.82, 2.24) is 4.98 Å². The minimum Gasteiger partial charge on any atom is -0.461 e. The van der Waals surface area contributed by atoms with E-state index in [0.717, 1.165) is 18.8 Å². The minimum absolute atomic E-state index is 0.0794. The van der Waals surface area contributed by atoms with Gasteiger partial charge in [0, 0.05) is 29.4 Å². The molecule has 4 rings (SSSR count). The van der Waals surface area contributed by atoms with Crippen LogP contribution >= 0.6 is 0 Å². The molecule has 0 aliphatic rings.